The molecule has 0 rings (SSSR count). The van der Waals surface area contributed by atoms with Crippen LogP contribution in [0.5, 0.6) is 0 Å². The van der Waals surface area contributed by atoms with Gasteiger partial charge in [-0.25, -0.2) is 8.78 Å². The zero-order chi connectivity index (χ0) is 10.1. The van der Waals surface area contributed by atoms with Gasteiger partial charge in [0.15, 0.2) is 0 Å². The van der Waals surface area contributed by atoms with Gasteiger partial charge in [0.1, 0.15) is 11.7 Å². The van der Waals surface area contributed by atoms with Crippen molar-refractivity contribution in [1.82, 2.24) is 0 Å². The van der Waals surface area contributed by atoms with Crippen molar-refractivity contribution in [2.75, 3.05) is 0 Å². The molecule has 0 nitrogen and oxygen atoms in total. The fourth-order valence-electron chi connectivity index (χ4n) is 0.408. The van der Waals surface area contributed by atoms with E-state index in [2.05, 4.69) is 13.2 Å². The summed E-state index contributed by atoms with van der Waals surface area (Å²) in [5.41, 5.74) is 0.291. The van der Waals surface area contributed by atoms with E-state index in [4.69, 9.17) is 0 Å². The Kier molecular flexibility index (Phi) is 9.31. The first kappa shape index (κ1) is 13.7. The molecule has 0 aromatic heterocycles. The molecule has 0 atom stereocenters. The Morgan fingerprint density at radius 2 is 1.67 bits per heavy atom. The van der Waals surface area contributed by atoms with E-state index >= 15 is 0 Å². The number of halogens is 2. The molecular weight excluding hydrogens is 158 g/mol. The summed E-state index contributed by atoms with van der Waals surface area (Å²) in [6.45, 7) is 12.0. The highest BCUT2D eigenvalue weighted by atomic mass is 19.1. The Labute approximate surface area is 73.3 Å². The van der Waals surface area contributed by atoms with Crippen molar-refractivity contribution in [2.24, 2.45) is 0 Å². The third kappa shape index (κ3) is 7.19. The van der Waals surface area contributed by atoms with Crippen molar-refractivity contribution in [1.29, 1.82) is 0 Å². The smallest absolute Gasteiger partial charge is 0.128 e. The monoisotopic (exact) mass is 174 g/mol. The number of allylic oxidation sites excluding steroid dienone is 4. The van der Waals surface area contributed by atoms with E-state index in [1.807, 2.05) is 13.8 Å². The molecule has 0 aliphatic heterocycles. The van der Waals surface area contributed by atoms with E-state index in [0.29, 0.717) is 12.0 Å². The van der Waals surface area contributed by atoms with Crippen molar-refractivity contribution in [2.45, 2.75) is 27.2 Å². The molecule has 0 bridgehead atoms. The van der Waals surface area contributed by atoms with Gasteiger partial charge in [-0.1, -0.05) is 33.9 Å². The van der Waals surface area contributed by atoms with E-state index in [1.54, 1.807) is 6.92 Å². The predicted octanol–water partition coefficient (Wildman–Crippen LogP) is 4.32. The van der Waals surface area contributed by atoms with E-state index in [9.17, 15) is 8.78 Å². The van der Waals surface area contributed by atoms with Crippen LogP contribution in [0.2, 0.25) is 0 Å². The molecule has 0 aliphatic rings. The zero-order valence-corrected chi connectivity index (χ0v) is 7.95. The van der Waals surface area contributed by atoms with Gasteiger partial charge in [0.2, 0.25) is 0 Å². The van der Waals surface area contributed by atoms with Gasteiger partial charge >= 0.3 is 0 Å². The van der Waals surface area contributed by atoms with Crippen LogP contribution in [0.4, 0.5) is 8.78 Å². The lowest BCUT2D eigenvalue weighted by molar-refractivity contribution is 0.619. The first-order valence-electron chi connectivity index (χ1n) is 3.97. The molecule has 0 aromatic rings. The van der Waals surface area contributed by atoms with Gasteiger partial charge in [-0.3, -0.25) is 0 Å². The minimum Gasteiger partial charge on any atom is -0.208 e. The SMILES string of the molecule is C=C(F)/C=C(/F)C(=C)CC.CC. The quantitative estimate of drug-likeness (QED) is 0.559. The summed E-state index contributed by atoms with van der Waals surface area (Å²) in [6.07, 6.45) is 1.21. The summed E-state index contributed by atoms with van der Waals surface area (Å²) in [5.74, 6) is -1.41. The highest BCUT2D eigenvalue weighted by Gasteiger charge is 1.97. The highest BCUT2D eigenvalue weighted by Crippen LogP contribution is 2.14. The van der Waals surface area contributed by atoms with Crippen LogP contribution in [0.15, 0.2) is 36.5 Å². The summed E-state index contributed by atoms with van der Waals surface area (Å²) in [7, 11) is 0. The summed E-state index contributed by atoms with van der Waals surface area (Å²) in [4.78, 5) is 0. The lowest BCUT2D eigenvalue weighted by atomic mass is 10.2. The maximum atomic E-state index is 12.5. The number of hydrogen-bond acceptors (Lipinski definition) is 0. The van der Waals surface area contributed by atoms with E-state index in [-0.39, 0.29) is 0 Å². The van der Waals surface area contributed by atoms with Crippen LogP contribution in [0.25, 0.3) is 0 Å². The van der Waals surface area contributed by atoms with Crippen molar-refractivity contribution in [3.05, 3.63) is 36.5 Å². The molecule has 0 amide bonds. The maximum absolute atomic E-state index is 12.5. The summed E-state index contributed by atoms with van der Waals surface area (Å²) >= 11 is 0. The van der Waals surface area contributed by atoms with Gasteiger partial charge in [-0.15, -0.1) is 0 Å². The normalized spacial score (nSPS) is 9.92. The fraction of sp³-hybridized carbons (Fsp3) is 0.400. The lowest BCUT2D eigenvalue weighted by Crippen LogP contribution is -1.78. The Morgan fingerprint density at radius 1 is 1.25 bits per heavy atom. The van der Waals surface area contributed by atoms with E-state index in [0.717, 1.165) is 6.08 Å². The van der Waals surface area contributed by atoms with Crippen LogP contribution in [0, 0.1) is 0 Å². The van der Waals surface area contributed by atoms with Gasteiger partial charge < -0.3 is 0 Å². The molecule has 70 valence electrons. The van der Waals surface area contributed by atoms with Crippen LogP contribution in [-0.2, 0) is 0 Å². The Bertz CT molecular complexity index is 178. The third-order valence-corrected chi connectivity index (χ3v) is 1.05. The van der Waals surface area contributed by atoms with Crippen molar-refractivity contribution in [3.63, 3.8) is 0 Å². The van der Waals surface area contributed by atoms with Crippen molar-refractivity contribution in [3.8, 4) is 0 Å². The molecule has 0 N–H and O–H groups in total. The van der Waals surface area contributed by atoms with E-state index in [1.165, 1.54) is 0 Å². The zero-order valence-electron chi connectivity index (χ0n) is 7.95. The molecule has 0 aromatic carbocycles. The second-order valence-electron chi connectivity index (χ2n) is 1.90. The predicted molar refractivity (Wildman–Crippen MR) is 50.2 cm³/mol. The molecular formula is C10H16F2. The first-order chi connectivity index (χ1) is 5.57. The minimum atomic E-state index is -0.785. The molecule has 2 heteroatoms. The van der Waals surface area contributed by atoms with Gasteiger partial charge in [0, 0.05) is 6.08 Å². The summed E-state index contributed by atoms with van der Waals surface area (Å²) < 4.78 is 24.4. The van der Waals surface area contributed by atoms with Gasteiger partial charge in [-0.2, -0.15) is 0 Å². The Hall–Kier alpha value is -0.920. The molecule has 0 spiro atoms. The molecule has 0 saturated heterocycles. The average Bonchev–Trinajstić information content (AvgIpc) is 2.05. The van der Waals surface area contributed by atoms with Crippen LogP contribution in [-0.4, -0.2) is 0 Å². The highest BCUT2D eigenvalue weighted by molar-refractivity contribution is 5.26. The maximum Gasteiger partial charge on any atom is 0.128 e. The molecule has 0 aliphatic carbocycles. The average molecular weight is 174 g/mol. The van der Waals surface area contributed by atoms with Crippen molar-refractivity contribution >= 4 is 0 Å². The molecule has 0 radical (unpaired) electrons. The largest absolute Gasteiger partial charge is 0.208 e. The second kappa shape index (κ2) is 8.18. The summed E-state index contributed by atoms with van der Waals surface area (Å²) in [6, 6.07) is 0. The molecule has 12 heavy (non-hydrogen) atoms. The molecule has 0 unspecified atom stereocenters. The number of rotatable bonds is 3. The fourth-order valence-corrected chi connectivity index (χ4v) is 0.408. The van der Waals surface area contributed by atoms with Gasteiger partial charge in [-0.05, 0) is 12.0 Å². The second-order valence-corrected chi connectivity index (χ2v) is 1.90. The van der Waals surface area contributed by atoms with Gasteiger partial charge in [0.05, 0.1) is 0 Å². The number of hydrogen-bond donors (Lipinski definition) is 0. The third-order valence-electron chi connectivity index (χ3n) is 1.05. The van der Waals surface area contributed by atoms with Crippen LogP contribution in [0.3, 0.4) is 0 Å². The van der Waals surface area contributed by atoms with Crippen molar-refractivity contribution < 1.29 is 8.78 Å². The topological polar surface area (TPSA) is 0 Å². The molecule has 0 heterocycles. The Balaban J connectivity index is 0. The molecule has 0 fully saturated rings. The van der Waals surface area contributed by atoms with Gasteiger partial charge in [0.25, 0.3) is 0 Å². The molecule has 0 saturated carbocycles. The first-order valence-corrected chi connectivity index (χ1v) is 3.97. The van der Waals surface area contributed by atoms with Crippen LogP contribution in [0.1, 0.15) is 27.2 Å². The van der Waals surface area contributed by atoms with E-state index < -0.39 is 11.7 Å². The minimum absolute atomic E-state index is 0.291. The lowest BCUT2D eigenvalue weighted by Gasteiger charge is -1.95. The van der Waals surface area contributed by atoms with Crippen LogP contribution >= 0.6 is 0 Å². The van der Waals surface area contributed by atoms with Crippen LogP contribution < -0.4 is 0 Å². The summed E-state index contributed by atoms with van der Waals surface area (Å²) in [5, 5.41) is 0. The Morgan fingerprint density at radius 3 is 1.92 bits per heavy atom. The standard InChI is InChI=1S/C8H10F2.C2H6/c1-4-6(2)8(10)5-7(3)9;1-2/h5H,2-4H2,1H3;1-2H3/b8-5+;.